The summed E-state index contributed by atoms with van der Waals surface area (Å²) in [6.07, 6.45) is 0. The van der Waals surface area contributed by atoms with Gasteiger partial charge in [-0.2, -0.15) is 0 Å². The lowest BCUT2D eigenvalue weighted by molar-refractivity contribution is 0.102. The summed E-state index contributed by atoms with van der Waals surface area (Å²) >= 11 is 5.70. The second-order valence-corrected chi connectivity index (χ2v) is 5.20. The second kappa shape index (κ2) is 6.13. The van der Waals surface area contributed by atoms with Crippen LogP contribution in [0.15, 0.2) is 42.5 Å². The Labute approximate surface area is 135 Å². The van der Waals surface area contributed by atoms with Gasteiger partial charge in [0.1, 0.15) is 5.82 Å². The van der Waals surface area contributed by atoms with Crippen LogP contribution in [0.3, 0.4) is 0 Å². The van der Waals surface area contributed by atoms with Crippen LogP contribution < -0.4 is 5.32 Å². The third kappa shape index (κ3) is 3.19. The molecule has 0 bridgehead atoms. The molecule has 0 saturated carbocycles. The van der Waals surface area contributed by atoms with Gasteiger partial charge in [-0.15, -0.1) is 5.10 Å². The van der Waals surface area contributed by atoms with E-state index in [9.17, 15) is 9.18 Å². The summed E-state index contributed by atoms with van der Waals surface area (Å²) in [6.45, 7) is 0. The van der Waals surface area contributed by atoms with Crippen molar-refractivity contribution in [1.29, 1.82) is 0 Å². The van der Waals surface area contributed by atoms with Crippen molar-refractivity contribution in [3.8, 4) is 11.4 Å². The zero-order chi connectivity index (χ0) is 16.4. The van der Waals surface area contributed by atoms with E-state index in [1.807, 2.05) is 0 Å². The first-order valence-corrected chi connectivity index (χ1v) is 7.01. The van der Waals surface area contributed by atoms with E-state index < -0.39 is 5.82 Å². The molecule has 0 radical (unpaired) electrons. The van der Waals surface area contributed by atoms with Crippen molar-refractivity contribution < 1.29 is 9.18 Å². The minimum Gasteiger partial charge on any atom is -0.322 e. The molecule has 1 amide bonds. The second-order valence-electron chi connectivity index (χ2n) is 4.79. The van der Waals surface area contributed by atoms with Crippen LogP contribution >= 0.6 is 11.6 Å². The summed E-state index contributed by atoms with van der Waals surface area (Å²) < 4.78 is 14.7. The van der Waals surface area contributed by atoms with Crippen LogP contribution in [0.25, 0.3) is 11.4 Å². The Morgan fingerprint density at radius 1 is 1.26 bits per heavy atom. The molecule has 0 atom stereocenters. The number of carbonyl (C=O) groups excluding carboxylic acids is 1. The topological polar surface area (TPSA) is 72.7 Å². The van der Waals surface area contributed by atoms with E-state index in [1.54, 1.807) is 31.3 Å². The van der Waals surface area contributed by atoms with E-state index in [1.165, 1.54) is 22.9 Å². The van der Waals surface area contributed by atoms with Gasteiger partial charge in [0.25, 0.3) is 5.91 Å². The molecule has 8 heteroatoms. The molecule has 2 aromatic carbocycles. The number of hydrogen-bond acceptors (Lipinski definition) is 4. The van der Waals surface area contributed by atoms with Crippen molar-refractivity contribution in [2.75, 3.05) is 5.32 Å². The largest absolute Gasteiger partial charge is 0.322 e. The molecule has 0 unspecified atom stereocenters. The third-order valence-electron chi connectivity index (χ3n) is 3.18. The number of tetrazole rings is 1. The Morgan fingerprint density at radius 3 is 2.78 bits per heavy atom. The number of nitrogens with one attached hydrogen (secondary N) is 1. The number of aryl methyl sites for hydroxylation is 1. The number of halogens is 2. The number of aromatic nitrogens is 4. The molecule has 0 spiro atoms. The number of benzene rings is 2. The molecule has 23 heavy (non-hydrogen) atoms. The summed E-state index contributed by atoms with van der Waals surface area (Å²) in [5, 5.41) is 13.8. The smallest absolute Gasteiger partial charge is 0.255 e. The summed E-state index contributed by atoms with van der Waals surface area (Å²) in [5.41, 5.74) is 1.54. The van der Waals surface area contributed by atoms with Crippen molar-refractivity contribution >= 4 is 23.2 Å². The highest BCUT2D eigenvalue weighted by Gasteiger charge is 2.11. The number of amides is 1. The Bertz CT molecular complexity index is 880. The average molecular weight is 332 g/mol. The van der Waals surface area contributed by atoms with Gasteiger partial charge in [-0.05, 0) is 40.8 Å². The lowest BCUT2D eigenvalue weighted by Gasteiger charge is -2.07. The maximum absolute atomic E-state index is 13.1. The molecule has 3 rings (SSSR count). The lowest BCUT2D eigenvalue weighted by atomic mass is 10.1. The molecule has 116 valence electrons. The fourth-order valence-corrected chi connectivity index (χ4v) is 2.23. The van der Waals surface area contributed by atoms with Gasteiger partial charge < -0.3 is 5.32 Å². The Kier molecular flexibility index (Phi) is 4.03. The average Bonchev–Trinajstić information content (AvgIpc) is 2.97. The van der Waals surface area contributed by atoms with Gasteiger partial charge in [-0.25, -0.2) is 9.07 Å². The summed E-state index contributed by atoms with van der Waals surface area (Å²) in [7, 11) is 1.71. The van der Waals surface area contributed by atoms with Crippen LogP contribution in [0.2, 0.25) is 5.02 Å². The van der Waals surface area contributed by atoms with Gasteiger partial charge in [0.15, 0.2) is 5.82 Å². The van der Waals surface area contributed by atoms with Crippen LogP contribution in [0.4, 0.5) is 10.1 Å². The molecule has 3 aromatic rings. The van der Waals surface area contributed by atoms with Crippen LogP contribution in [0, 0.1) is 5.82 Å². The van der Waals surface area contributed by atoms with Gasteiger partial charge in [0.05, 0.1) is 5.02 Å². The summed E-state index contributed by atoms with van der Waals surface area (Å²) in [4.78, 5) is 12.3. The highest BCUT2D eigenvalue weighted by molar-refractivity contribution is 6.31. The van der Waals surface area contributed by atoms with Crippen molar-refractivity contribution in [3.63, 3.8) is 0 Å². The van der Waals surface area contributed by atoms with E-state index in [4.69, 9.17) is 11.6 Å². The van der Waals surface area contributed by atoms with E-state index in [2.05, 4.69) is 20.8 Å². The first-order valence-electron chi connectivity index (χ1n) is 6.64. The van der Waals surface area contributed by atoms with Crippen molar-refractivity contribution in [3.05, 3.63) is 58.9 Å². The zero-order valence-corrected chi connectivity index (χ0v) is 12.8. The fraction of sp³-hybridized carbons (Fsp3) is 0.0667. The van der Waals surface area contributed by atoms with Crippen molar-refractivity contribution in [2.45, 2.75) is 0 Å². The highest BCUT2D eigenvalue weighted by atomic mass is 35.5. The van der Waals surface area contributed by atoms with Gasteiger partial charge in [0.2, 0.25) is 0 Å². The van der Waals surface area contributed by atoms with E-state index >= 15 is 0 Å². The monoisotopic (exact) mass is 331 g/mol. The molecular weight excluding hydrogens is 321 g/mol. The van der Waals surface area contributed by atoms with Gasteiger partial charge >= 0.3 is 0 Å². The predicted molar refractivity (Wildman–Crippen MR) is 83.6 cm³/mol. The molecule has 6 nitrogen and oxygen atoms in total. The number of anilines is 1. The van der Waals surface area contributed by atoms with Crippen LogP contribution in [0.1, 0.15) is 10.4 Å². The first kappa shape index (κ1) is 15.1. The standard InChI is InChI=1S/C15H11ClFN5O/c1-22-14(19-20-21-22)9-3-2-4-10(7-9)15(23)18-11-5-6-13(17)12(16)8-11/h2-8H,1H3,(H,18,23). The Morgan fingerprint density at radius 2 is 2.09 bits per heavy atom. The number of hydrogen-bond donors (Lipinski definition) is 1. The molecule has 1 aromatic heterocycles. The van der Waals surface area contributed by atoms with Crippen LogP contribution in [-0.2, 0) is 7.05 Å². The first-order chi connectivity index (χ1) is 11.0. The summed E-state index contributed by atoms with van der Waals surface area (Å²) in [6, 6.07) is 10.9. The molecule has 0 fully saturated rings. The zero-order valence-electron chi connectivity index (χ0n) is 12.0. The quantitative estimate of drug-likeness (QED) is 0.801. The van der Waals surface area contributed by atoms with E-state index in [0.29, 0.717) is 22.6 Å². The molecule has 0 saturated heterocycles. The molecular formula is C15H11ClFN5O. The van der Waals surface area contributed by atoms with E-state index in [0.717, 1.165) is 0 Å². The predicted octanol–water partition coefficient (Wildman–Crippen LogP) is 2.92. The normalized spacial score (nSPS) is 10.6. The van der Waals surface area contributed by atoms with Crippen LogP contribution in [-0.4, -0.2) is 26.1 Å². The summed E-state index contributed by atoms with van der Waals surface area (Å²) in [5.74, 6) is -0.337. The van der Waals surface area contributed by atoms with Crippen molar-refractivity contribution in [1.82, 2.24) is 20.2 Å². The SMILES string of the molecule is Cn1nnnc1-c1cccc(C(=O)Nc2ccc(F)c(Cl)c2)c1. The number of rotatable bonds is 3. The molecule has 1 heterocycles. The van der Waals surface area contributed by atoms with Crippen molar-refractivity contribution in [2.24, 2.45) is 7.05 Å². The lowest BCUT2D eigenvalue weighted by Crippen LogP contribution is -2.12. The maximum Gasteiger partial charge on any atom is 0.255 e. The molecule has 0 aliphatic rings. The Balaban J connectivity index is 1.85. The third-order valence-corrected chi connectivity index (χ3v) is 3.47. The Hall–Kier alpha value is -2.80. The highest BCUT2D eigenvalue weighted by Crippen LogP contribution is 2.21. The van der Waals surface area contributed by atoms with Gasteiger partial charge in [0, 0.05) is 23.9 Å². The minimum absolute atomic E-state index is 0.0540. The maximum atomic E-state index is 13.1. The number of carbonyl (C=O) groups is 1. The van der Waals surface area contributed by atoms with Gasteiger partial charge in [-0.1, -0.05) is 23.7 Å². The fourth-order valence-electron chi connectivity index (χ4n) is 2.05. The van der Waals surface area contributed by atoms with Crippen LogP contribution in [0.5, 0.6) is 0 Å². The number of nitrogens with zero attached hydrogens (tertiary/aromatic N) is 4. The van der Waals surface area contributed by atoms with Gasteiger partial charge in [-0.3, -0.25) is 4.79 Å². The molecule has 1 N–H and O–H groups in total. The minimum atomic E-state index is -0.540. The molecule has 0 aliphatic carbocycles. The molecule has 0 aliphatic heterocycles. The van der Waals surface area contributed by atoms with E-state index in [-0.39, 0.29) is 10.9 Å².